The van der Waals surface area contributed by atoms with Gasteiger partial charge in [-0.05, 0) is 18.8 Å². The molecule has 1 fully saturated rings. The first kappa shape index (κ1) is 20.2. The lowest BCUT2D eigenvalue weighted by molar-refractivity contribution is -0.151. The van der Waals surface area contributed by atoms with Gasteiger partial charge < -0.3 is 14.6 Å². The first-order valence-electron chi connectivity index (χ1n) is 7.87. The Morgan fingerprint density at radius 2 is 1.65 bits per heavy atom. The number of aliphatic hydroxyl groups excluding tert-OH is 1. The Hall–Kier alpha value is -2.09. The van der Waals surface area contributed by atoms with Crippen LogP contribution in [0.2, 0.25) is 0 Å². The fourth-order valence-corrected chi connectivity index (χ4v) is 3.00. The van der Waals surface area contributed by atoms with Crippen molar-refractivity contribution in [2.45, 2.75) is 33.8 Å². The first-order valence-corrected chi connectivity index (χ1v) is 7.87. The van der Waals surface area contributed by atoms with Gasteiger partial charge >= 0.3 is 5.97 Å². The van der Waals surface area contributed by atoms with Crippen LogP contribution in [0.3, 0.4) is 0 Å². The van der Waals surface area contributed by atoms with E-state index in [2.05, 4.69) is 4.74 Å². The lowest BCUT2D eigenvalue weighted by Gasteiger charge is -2.17. The minimum absolute atomic E-state index is 0.261. The summed E-state index contributed by atoms with van der Waals surface area (Å²) in [6.45, 7) is 3.98. The van der Waals surface area contributed by atoms with Gasteiger partial charge in [0.15, 0.2) is 17.4 Å². The summed E-state index contributed by atoms with van der Waals surface area (Å²) in [4.78, 5) is 12.5. The second-order valence-corrected chi connectivity index (χ2v) is 7.02. The number of aliphatic hydroxyl groups is 1. The molecule has 0 spiro atoms. The summed E-state index contributed by atoms with van der Waals surface area (Å²) in [5.74, 6) is -8.73. The molecule has 1 aliphatic carbocycles. The van der Waals surface area contributed by atoms with Crippen molar-refractivity contribution in [2.24, 2.45) is 10.8 Å². The maximum atomic E-state index is 14.0. The minimum atomic E-state index is -1.70. The highest BCUT2D eigenvalue weighted by atomic mass is 19.2. The van der Waals surface area contributed by atoms with Crippen molar-refractivity contribution >= 4 is 5.97 Å². The van der Waals surface area contributed by atoms with Crippen molar-refractivity contribution in [3.63, 3.8) is 0 Å². The van der Waals surface area contributed by atoms with Crippen molar-refractivity contribution in [3.8, 4) is 5.75 Å². The molecule has 0 saturated heterocycles. The molecular formula is C18H20F4O4. The van der Waals surface area contributed by atoms with E-state index < -0.39 is 58.0 Å². The molecule has 0 radical (unpaired) electrons. The molecular weight excluding hydrogens is 356 g/mol. The topological polar surface area (TPSA) is 55.8 Å². The molecule has 1 N–H and O–H groups in total. The Labute approximate surface area is 148 Å². The van der Waals surface area contributed by atoms with E-state index in [1.54, 1.807) is 26.8 Å². The Kier molecular flexibility index (Phi) is 5.37. The van der Waals surface area contributed by atoms with E-state index in [4.69, 9.17) is 9.84 Å². The predicted molar refractivity (Wildman–Crippen MR) is 84.3 cm³/mol. The van der Waals surface area contributed by atoms with Crippen LogP contribution in [0.1, 0.15) is 32.8 Å². The molecule has 1 saturated carbocycles. The van der Waals surface area contributed by atoms with E-state index in [-0.39, 0.29) is 6.61 Å². The number of halogens is 4. The zero-order valence-electron chi connectivity index (χ0n) is 14.9. The van der Waals surface area contributed by atoms with E-state index in [1.165, 1.54) is 0 Å². The lowest BCUT2D eigenvalue weighted by atomic mass is 9.93. The number of benzene rings is 1. The van der Waals surface area contributed by atoms with Gasteiger partial charge in [-0.25, -0.2) is 8.78 Å². The van der Waals surface area contributed by atoms with Gasteiger partial charge in [-0.3, -0.25) is 4.79 Å². The van der Waals surface area contributed by atoms with Gasteiger partial charge in [-0.2, -0.15) is 8.78 Å². The molecule has 1 aliphatic rings. The molecule has 0 amide bonds. The molecule has 26 heavy (non-hydrogen) atoms. The number of hydrogen-bond acceptors (Lipinski definition) is 4. The quantitative estimate of drug-likeness (QED) is 0.356. The van der Waals surface area contributed by atoms with Crippen LogP contribution in [-0.2, 0) is 16.1 Å². The summed E-state index contributed by atoms with van der Waals surface area (Å²) in [6.07, 6.45) is 1.96. The standard InChI is InChI=1S/C18H20F4O4/c1-9(6-23)5-18(8-17(18,2)3)16(24)26-7-10-11(19)13(21)15(25-4)14(22)12(10)20/h5,23H,6-8H2,1-4H3/b9-5+. The molecule has 1 unspecified atom stereocenters. The number of carbonyl (C=O) groups is 1. The highest BCUT2D eigenvalue weighted by Crippen LogP contribution is 2.65. The van der Waals surface area contributed by atoms with Gasteiger partial charge in [0.05, 0.1) is 24.7 Å². The van der Waals surface area contributed by atoms with Gasteiger partial charge in [-0.1, -0.05) is 25.5 Å². The largest absolute Gasteiger partial charge is 0.491 e. The molecule has 8 heteroatoms. The third-order valence-corrected chi connectivity index (χ3v) is 4.78. The van der Waals surface area contributed by atoms with Crippen LogP contribution >= 0.6 is 0 Å². The van der Waals surface area contributed by atoms with E-state index >= 15 is 0 Å². The van der Waals surface area contributed by atoms with E-state index in [1.807, 2.05) is 0 Å². The Balaban J connectivity index is 2.28. The third kappa shape index (κ3) is 3.18. The van der Waals surface area contributed by atoms with Crippen molar-refractivity contribution in [2.75, 3.05) is 13.7 Å². The van der Waals surface area contributed by atoms with Crippen LogP contribution < -0.4 is 4.74 Å². The smallest absolute Gasteiger partial charge is 0.316 e. The minimum Gasteiger partial charge on any atom is -0.491 e. The first-order chi connectivity index (χ1) is 12.0. The molecule has 1 aromatic carbocycles. The zero-order chi connectivity index (χ0) is 19.9. The summed E-state index contributed by atoms with van der Waals surface area (Å²) < 4.78 is 64.7. The van der Waals surface area contributed by atoms with Gasteiger partial charge in [0.25, 0.3) is 0 Å². The second-order valence-electron chi connectivity index (χ2n) is 7.02. The SMILES string of the molecule is COc1c(F)c(F)c(COC(=O)C2(/C=C(\C)CO)CC2(C)C)c(F)c1F. The summed E-state index contributed by atoms with van der Waals surface area (Å²) in [7, 11) is 0.870. The molecule has 4 nitrogen and oxygen atoms in total. The highest BCUT2D eigenvalue weighted by Gasteiger charge is 2.66. The Morgan fingerprint density at radius 1 is 1.15 bits per heavy atom. The third-order valence-electron chi connectivity index (χ3n) is 4.78. The van der Waals surface area contributed by atoms with Crippen LogP contribution in [-0.4, -0.2) is 24.8 Å². The zero-order valence-corrected chi connectivity index (χ0v) is 14.9. The normalized spacial score (nSPS) is 21.5. The lowest BCUT2D eigenvalue weighted by Crippen LogP contribution is -2.23. The molecule has 1 atom stereocenters. The summed E-state index contributed by atoms with van der Waals surface area (Å²) in [5.41, 5.74) is -2.04. The van der Waals surface area contributed by atoms with Crippen molar-refractivity contribution in [3.05, 3.63) is 40.5 Å². The molecule has 0 heterocycles. The molecule has 2 rings (SSSR count). The van der Waals surface area contributed by atoms with Gasteiger partial charge in [0, 0.05) is 0 Å². The van der Waals surface area contributed by atoms with Crippen LogP contribution in [0.25, 0.3) is 0 Å². The van der Waals surface area contributed by atoms with Crippen LogP contribution in [0.15, 0.2) is 11.6 Å². The average molecular weight is 376 g/mol. The van der Waals surface area contributed by atoms with Crippen molar-refractivity contribution in [1.29, 1.82) is 0 Å². The number of ether oxygens (including phenoxy) is 2. The second kappa shape index (κ2) is 6.90. The number of esters is 1. The monoisotopic (exact) mass is 376 g/mol. The van der Waals surface area contributed by atoms with Crippen LogP contribution in [0.5, 0.6) is 5.75 Å². The maximum absolute atomic E-state index is 14.0. The Morgan fingerprint density at radius 3 is 2.04 bits per heavy atom. The highest BCUT2D eigenvalue weighted by molar-refractivity contribution is 5.84. The maximum Gasteiger partial charge on any atom is 0.316 e. The van der Waals surface area contributed by atoms with Gasteiger partial charge in [0.2, 0.25) is 11.6 Å². The van der Waals surface area contributed by atoms with Crippen molar-refractivity contribution in [1.82, 2.24) is 0 Å². The predicted octanol–water partition coefficient (Wildman–Crippen LogP) is 3.65. The molecule has 0 aliphatic heterocycles. The Bertz CT molecular complexity index is 744. The number of rotatable bonds is 6. The van der Waals surface area contributed by atoms with Gasteiger partial charge in [0.1, 0.15) is 6.61 Å². The molecule has 1 aromatic rings. The summed E-state index contributed by atoms with van der Waals surface area (Å²) in [5, 5.41) is 9.15. The number of hydrogen-bond donors (Lipinski definition) is 1. The van der Waals surface area contributed by atoms with E-state index in [0.717, 1.165) is 7.11 Å². The molecule has 0 bridgehead atoms. The van der Waals surface area contributed by atoms with Crippen LogP contribution in [0.4, 0.5) is 17.6 Å². The number of methoxy groups -OCH3 is 1. The summed E-state index contributed by atoms with van der Waals surface area (Å²) in [6, 6.07) is 0. The van der Waals surface area contributed by atoms with Crippen LogP contribution in [0, 0.1) is 34.1 Å². The van der Waals surface area contributed by atoms with Crippen molar-refractivity contribution < 1.29 is 36.9 Å². The summed E-state index contributed by atoms with van der Waals surface area (Å²) >= 11 is 0. The fraction of sp³-hybridized carbons (Fsp3) is 0.500. The molecule has 144 valence electrons. The fourth-order valence-electron chi connectivity index (χ4n) is 3.00. The number of carbonyl (C=O) groups excluding carboxylic acids is 1. The molecule has 0 aromatic heterocycles. The van der Waals surface area contributed by atoms with E-state index in [9.17, 15) is 22.4 Å². The average Bonchev–Trinajstić information content (AvgIpc) is 3.15. The van der Waals surface area contributed by atoms with Gasteiger partial charge in [-0.15, -0.1) is 0 Å². The van der Waals surface area contributed by atoms with E-state index in [0.29, 0.717) is 12.0 Å².